The number of urea groups is 1. The van der Waals surface area contributed by atoms with Crippen LogP contribution >= 0.6 is 11.8 Å². The van der Waals surface area contributed by atoms with Gasteiger partial charge in [-0.3, -0.25) is 0 Å². The average Bonchev–Trinajstić information content (AvgIpc) is 2.93. The molecule has 3 N–H and O–H groups in total. The van der Waals surface area contributed by atoms with Crippen LogP contribution in [0.5, 0.6) is 0 Å². The molecule has 0 aliphatic heterocycles. The van der Waals surface area contributed by atoms with Gasteiger partial charge in [0.2, 0.25) is 0 Å². The standard InChI is InChI=1S/C15H26N2O3S/c1-21-12-8-7-11(9-12)16-15(20)17-13(14(18)19)10-5-3-2-4-6-10/h10-13H,2-9H2,1H3,(H,18,19)(H2,16,17,20). The maximum Gasteiger partial charge on any atom is 0.326 e. The van der Waals surface area contributed by atoms with Crippen molar-refractivity contribution in [3.63, 3.8) is 0 Å². The third kappa shape index (κ3) is 4.80. The fourth-order valence-corrected chi connectivity index (χ4v) is 4.30. The SMILES string of the molecule is CSC1CCC(NC(=O)NC(C(=O)O)C2CCCCC2)C1. The van der Waals surface area contributed by atoms with E-state index in [1.165, 1.54) is 6.42 Å². The van der Waals surface area contributed by atoms with E-state index >= 15 is 0 Å². The Labute approximate surface area is 130 Å². The minimum atomic E-state index is -0.912. The molecule has 2 fully saturated rings. The molecule has 0 spiro atoms. The van der Waals surface area contributed by atoms with Crippen LogP contribution in [-0.2, 0) is 4.79 Å². The molecule has 2 aliphatic carbocycles. The first-order valence-corrected chi connectivity index (χ1v) is 9.21. The highest BCUT2D eigenvalue weighted by molar-refractivity contribution is 7.99. The summed E-state index contributed by atoms with van der Waals surface area (Å²) in [5, 5.41) is 15.6. The second kappa shape index (κ2) is 7.92. The lowest BCUT2D eigenvalue weighted by Gasteiger charge is -2.28. The van der Waals surface area contributed by atoms with E-state index in [0.717, 1.165) is 44.9 Å². The molecule has 6 heteroatoms. The van der Waals surface area contributed by atoms with Gasteiger partial charge in [0.05, 0.1) is 0 Å². The number of amides is 2. The van der Waals surface area contributed by atoms with E-state index in [1.807, 2.05) is 11.8 Å². The summed E-state index contributed by atoms with van der Waals surface area (Å²) in [7, 11) is 0. The Bertz CT molecular complexity index is 372. The summed E-state index contributed by atoms with van der Waals surface area (Å²) in [5.74, 6) is -0.838. The number of carbonyl (C=O) groups is 2. The summed E-state index contributed by atoms with van der Waals surface area (Å²) < 4.78 is 0. The van der Waals surface area contributed by atoms with Crippen LogP contribution in [-0.4, -0.2) is 40.7 Å². The van der Waals surface area contributed by atoms with E-state index in [2.05, 4.69) is 16.9 Å². The highest BCUT2D eigenvalue weighted by Crippen LogP contribution is 2.28. The van der Waals surface area contributed by atoms with Gasteiger partial charge in [-0.15, -0.1) is 0 Å². The molecule has 2 aliphatic rings. The van der Waals surface area contributed by atoms with Crippen LogP contribution in [0.3, 0.4) is 0 Å². The maximum atomic E-state index is 12.1. The smallest absolute Gasteiger partial charge is 0.326 e. The fraction of sp³-hybridized carbons (Fsp3) is 0.867. The third-order valence-corrected chi connectivity index (χ3v) is 5.82. The van der Waals surface area contributed by atoms with Crippen molar-refractivity contribution < 1.29 is 14.7 Å². The number of nitrogens with one attached hydrogen (secondary N) is 2. The molecule has 0 saturated heterocycles. The number of aliphatic carboxylic acids is 1. The van der Waals surface area contributed by atoms with E-state index < -0.39 is 12.0 Å². The first kappa shape index (κ1) is 16.5. The second-order valence-corrected chi connectivity index (χ2v) is 7.34. The summed E-state index contributed by atoms with van der Waals surface area (Å²) in [4.78, 5) is 23.5. The Morgan fingerprint density at radius 1 is 1.14 bits per heavy atom. The van der Waals surface area contributed by atoms with Gasteiger partial charge in [-0.1, -0.05) is 19.3 Å². The lowest BCUT2D eigenvalue weighted by atomic mass is 9.84. The summed E-state index contributed by atoms with van der Waals surface area (Å²) in [6.07, 6.45) is 10.3. The molecule has 3 atom stereocenters. The Morgan fingerprint density at radius 2 is 1.86 bits per heavy atom. The molecule has 3 unspecified atom stereocenters. The molecule has 0 aromatic heterocycles. The zero-order valence-corrected chi connectivity index (χ0v) is 13.5. The van der Waals surface area contributed by atoms with Gasteiger partial charge in [-0.2, -0.15) is 11.8 Å². The topological polar surface area (TPSA) is 78.4 Å². The molecule has 2 rings (SSSR count). The Balaban J connectivity index is 1.82. The van der Waals surface area contributed by atoms with E-state index in [-0.39, 0.29) is 18.0 Å². The molecule has 0 aromatic rings. The molecule has 2 saturated carbocycles. The van der Waals surface area contributed by atoms with Crippen molar-refractivity contribution in [3.05, 3.63) is 0 Å². The van der Waals surface area contributed by atoms with Gasteiger partial charge in [0, 0.05) is 11.3 Å². The minimum Gasteiger partial charge on any atom is -0.480 e. The first-order chi connectivity index (χ1) is 10.1. The minimum absolute atomic E-state index is 0.0736. The summed E-state index contributed by atoms with van der Waals surface area (Å²) in [5.41, 5.74) is 0. The van der Waals surface area contributed by atoms with Gasteiger partial charge in [0.1, 0.15) is 6.04 Å². The summed E-state index contributed by atoms with van der Waals surface area (Å²) >= 11 is 1.84. The molecule has 0 radical (unpaired) electrons. The van der Waals surface area contributed by atoms with Crippen molar-refractivity contribution in [1.82, 2.24) is 10.6 Å². The largest absolute Gasteiger partial charge is 0.480 e. The van der Waals surface area contributed by atoms with Crippen LogP contribution in [0.4, 0.5) is 4.79 Å². The van der Waals surface area contributed by atoms with Crippen LogP contribution < -0.4 is 10.6 Å². The summed E-state index contributed by atoms with van der Waals surface area (Å²) in [6.45, 7) is 0. The molecule has 5 nitrogen and oxygen atoms in total. The quantitative estimate of drug-likeness (QED) is 0.729. The van der Waals surface area contributed by atoms with Gasteiger partial charge in [0.15, 0.2) is 0 Å². The molecule has 0 bridgehead atoms. The van der Waals surface area contributed by atoms with Crippen LogP contribution in [0.2, 0.25) is 0 Å². The Morgan fingerprint density at radius 3 is 2.43 bits per heavy atom. The Hall–Kier alpha value is -0.910. The van der Waals surface area contributed by atoms with Gasteiger partial charge < -0.3 is 15.7 Å². The maximum absolute atomic E-state index is 12.1. The lowest BCUT2D eigenvalue weighted by Crippen LogP contribution is -2.51. The van der Waals surface area contributed by atoms with E-state index in [4.69, 9.17) is 0 Å². The molecule has 2 amide bonds. The van der Waals surface area contributed by atoms with Crippen LogP contribution in [0.1, 0.15) is 51.4 Å². The number of thioether (sulfide) groups is 1. The highest BCUT2D eigenvalue weighted by atomic mass is 32.2. The van der Waals surface area contributed by atoms with E-state index in [0.29, 0.717) is 5.25 Å². The lowest BCUT2D eigenvalue weighted by molar-refractivity contribution is -0.141. The molecular weight excluding hydrogens is 288 g/mol. The summed E-state index contributed by atoms with van der Waals surface area (Å²) in [6, 6.07) is -0.883. The second-order valence-electron chi connectivity index (χ2n) is 6.20. The van der Waals surface area contributed by atoms with Gasteiger partial charge >= 0.3 is 12.0 Å². The third-order valence-electron chi connectivity index (χ3n) is 4.73. The molecular formula is C15H26N2O3S. The first-order valence-electron chi connectivity index (χ1n) is 7.92. The number of hydrogen-bond acceptors (Lipinski definition) is 3. The van der Waals surface area contributed by atoms with Crippen molar-refractivity contribution in [2.24, 2.45) is 5.92 Å². The number of carboxylic acid groups (broad SMARTS) is 1. The fourth-order valence-electron chi connectivity index (χ4n) is 3.50. The zero-order valence-electron chi connectivity index (χ0n) is 12.6. The number of carbonyl (C=O) groups excluding carboxylic acids is 1. The molecule has 21 heavy (non-hydrogen) atoms. The molecule has 120 valence electrons. The average molecular weight is 314 g/mol. The zero-order chi connectivity index (χ0) is 15.2. The van der Waals surface area contributed by atoms with Crippen molar-refractivity contribution in [3.8, 4) is 0 Å². The molecule has 0 heterocycles. The van der Waals surface area contributed by atoms with Crippen LogP contribution in [0, 0.1) is 5.92 Å². The van der Waals surface area contributed by atoms with Crippen molar-refractivity contribution in [2.75, 3.05) is 6.26 Å². The number of rotatable bonds is 5. The van der Waals surface area contributed by atoms with Crippen molar-refractivity contribution in [1.29, 1.82) is 0 Å². The number of carboxylic acids is 1. The highest BCUT2D eigenvalue weighted by Gasteiger charge is 2.32. The monoisotopic (exact) mass is 314 g/mol. The predicted molar refractivity (Wildman–Crippen MR) is 84.6 cm³/mol. The van der Waals surface area contributed by atoms with Gasteiger partial charge in [-0.25, -0.2) is 9.59 Å². The van der Waals surface area contributed by atoms with Gasteiger partial charge in [-0.05, 0) is 44.3 Å². The van der Waals surface area contributed by atoms with Crippen LogP contribution in [0.15, 0.2) is 0 Å². The van der Waals surface area contributed by atoms with E-state index in [9.17, 15) is 14.7 Å². The Kier molecular flexibility index (Phi) is 6.21. The van der Waals surface area contributed by atoms with Crippen molar-refractivity contribution in [2.45, 2.75) is 68.7 Å². The van der Waals surface area contributed by atoms with Gasteiger partial charge in [0.25, 0.3) is 0 Å². The van der Waals surface area contributed by atoms with Crippen LogP contribution in [0.25, 0.3) is 0 Å². The predicted octanol–water partition coefficient (Wildman–Crippen LogP) is 2.60. The normalized spacial score (nSPS) is 28.0. The number of hydrogen-bond donors (Lipinski definition) is 3. The van der Waals surface area contributed by atoms with Crippen molar-refractivity contribution >= 4 is 23.8 Å². The van der Waals surface area contributed by atoms with E-state index in [1.54, 1.807) is 0 Å². The molecule has 0 aromatic carbocycles.